The molecular formula is C10H16N2O2S. The summed E-state index contributed by atoms with van der Waals surface area (Å²) in [7, 11) is 1.37. The first-order valence-electron chi connectivity index (χ1n) is 4.98. The van der Waals surface area contributed by atoms with Crippen molar-refractivity contribution in [2.45, 2.75) is 26.7 Å². The van der Waals surface area contributed by atoms with E-state index in [1.165, 1.54) is 18.4 Å². The molecule has 0 unspecified atom stereocenters. The Morgan fingerprint density at radius 3 is 2.93 bits per heavy atom. The average Bonchev–Trinajstić information content (AvgIpc) is 2.59. The highest BCUT2D eigenvalue weighted by atomic mass is 32.1. The van der Waals surface area contributed by atoms with Crippen molar-refractivity contribution in [1.82, 2.24) is 4.98 Å². The van der Waals surface area contributed by atoms with E-state index in [-0.39, 0.29) is 5.97 Å². The standard InChI is InChI=1S/C10H16N2O2S/c1-4-5-6-11-10-12-8(7(2)15-10)9(13)14-3/h4-6H2,1-3H3,(H,11,12). The second-order valence-electron chi connectivity index (χ2n) is 3.20. The lowest BCUT2D eigenvalue weighted by Crippen LogP contribution is -2.04. The molecule has 0 aliphatic heterocycles. The van der Waals surface area contributed by atoms with Gasteiger partial charge < -0.3 is 10.1 Å². The van der Waals surface area contributed by atoms with E-state index in [0.29, 0.717) is 5.69 Å². The Morgan fingerprint density at radius 2 is 2.33 bits per heavy atom. The molecule has 1 rings (SSSR count). The Kier molecular flexibility index (Phi) is 4.55. The molecule has 1 heterocycles. The van der Waals surface area contributed by atoms with Crippen LogP contribution in [0.5, 0.6) is 0 Å². The number of rotatable bonds is 5. The van der Waals surface area contributed by atoms with Gasteiger partial charge in [0.05, 0.1) is 7.11 Å². The highest BCUT2D eigenvalue weighted by Gasteiger charge is 2.15. The Balaban J connectivity index is 2.64. The monoisotopic (exact) mass is 228 g/mol. The molecule has 0 aromatic carbocycles. The van der Waals surface area contributed by atoms with Gasteiger partial charge in [0.15, 0.2) is 10.8 Å². The Labute approximate surface area is 93.7 Å². The summed E-state index contributed by atoms with van der Waals surface area (Å²) in [6, 6.07) is 0. The van der Waals surface area contributed by atoms with Gasteiger partial charge in [0, 0.05) is 11.4 Å². The van der Waals surface area contributed by atoms with Gasteiger partial charge in [-0.05, 0) is 13.3 Å². The van der Waals surface area contributed by atoms with Crippen molar-refractivity contribution in [2.24, 2.45) is 0 Å². The molecule has 0 aliphatic rings. The molecule has 0 aliphatic carbocycles. The smallest absolute Gasteiger partial charge is 0.357 e. The summed E-state index contributed by atoms with van der Waals surface area (Å²) in [5.41, 5.74) is 0.418. The van der Waals surface area contributed by atoms with Crippen molar-refractivity contribution in [3.8, 4) is 0 Å². The lowest BCUT2D eigenvalue weighted by Gasteiger charge is -1.98. The number of aromatic nitrogens is 1. The van der Waals surface area contributed by atoms with Gasteiger partial charge in [-0.3, -0.25) is 0 Å². The molecule has 0 atom stereocenters. The number of esters is 1. The van der Waals surface area contributed by atoms with Crippen molar-refractivity contribution in [1.29, 1.82) is 0 Å². The number of nitrogens with zero attached hydrogens (tertiary/aromatic N) is 1. The van der Waals surface area contributed by atoms with E-state index >= 15 is 0 Å². The van der Waals surface area contributed by atoms with Gasteiger partial charge in [0.1, 0.15) is 0 Å². The van der Waals surface area contributed by atoms with Crippen molar-refractivity contribution in [3.05, 3.63) is 10.6 Å². The minimum absolute atomic E-state index is 0.368. The van der Waals surface area contributed by atoms with Crippen LogP contribution in [-0.2, 0) is 4.74 Å². The molecule has 0 fully saturated rings. The molecule has 0 saturated heterocycles. The van der Waals surface area contributed by atoms with Crippen LogP contribution in [0.3, 0.4) is 0 Å². The van der Waals surface area contributed by atoms with Gasteiger partial charge in [0.2, 0.25) is 0 Å². The zero-order valence-corrected chi connectivity index (χ0v) is 10.1. The highest BCUT2D eigenvalue weighted by Crippen LogP contribution is 2.22. The van der Waals surface area contributed by atoms with Crippen molar-refractivity contribution >= 4 is 22.4 Å². The van der Waals surface area contributed by atoms with Crippen LogP contribution in [0.1, 0.15) is 35.1 Å². The molecule has 0 radical (unpaired) electrons. The highest BCUT2D eigenvalue weighted by molar-refractivity contribution is 7.15. The van der Waals surface area contributed by atoms with Crippen LogP contribution in [-0.4, -0.2) is 24.6 Å². The first-order valence-corrected chi connectivity index (χ1v) is 5.80. The maximum atomic E-state index is 11.3. The lowest BCUT2D eigenvalue weighted by molar-refractivity contribution is 0.0594. The molecule has 1 N–H and O–H groups in total. The van der Waals surface area contributed by atoms with Crippen molar-refractivity contribution in [3.63, 3.8) is 0 Å². The number of hydrogen-bond donors (Lipinski definition) is 1. The summed E-state index contributed by atoms with van der Waals surface area (Å²) in [5.74, 6) is -0.368. The summed E-state index contributed by atoms with van der Waals surface area (Å²) in [5, 5.41) is 3.98. The zero-order chi connectivity index (χ0) is 11.3. The molecule has 0 spiro atoms. The number of unbranched alkanes of at least 4 members (excludes halogenated alkanes) is 1. The Morgan fingerprint density at radius 1 is 1.60 bits per heavy atom. The van der Waals surface area contributed by atoms with E-state index < -0.39 is 0 Å². The third-order valence-corrected chi connectivity index (χ3v) is 2.91. The number of methoxy groups -OCH3 is 1. The van der Waals surface area contributed by atoms with Crippen LogP contribution >= 0.6 is 11.3 Å². The maximum Gasteiger partial charge on any atom is 0.357 e. The minimum atomic E-state index is -0.368. The molecule has 4 nitrogen and oxygen atoms in total. The van der Waals surface area contributed by atoms with E-state index in [1.54, 1.807) is 0 Å². The molecule has 0 bridgehead atoms. The Bertz CT molecular complexity index is 336. The molecular weight excluding hydrogens is 212 g/mol. The molecule has 15 heavy (non-hydrogen) atoms. The molecule has 0 saturated carbocycles. The molecule has 0 amide bonds. The van der Waals surface area contributed by atoms with E-state index in [1.807, 2.05) is 6.92 Å². The summed E-state index contributed by atoms with van der Waals surface area (Å²) in [6.45, 7) is 4.90. The third kappa shape index (κ3) is 3.20. The third-order valence-electron chi connectivity index (χ3n) is 1.98. The van der Waals surface area contributed by atoms with Crippen LogP contribution in [0.15, 0.2) is 0 Å². The van der Waals surface area contributed by atoms with Crippen LogP contribution in [0.2, 0.25) is 0 Å². The van der Waals surface area contributed by atoms with Crippen LogP contribution in [0.25, 0.3) is 0 Å². The average molecular weight is 228 g/mol. The van der Waals surface area contributed by atoms with Gasteiger partial charge in [-0.2, -0.15) is 0 Å². The predicted octanol–water partition coefficient (Wildman–Crippen LogP) is 2.45. The number of nitrogens with one attached hydrogen (secondary N) is 1. The zero-order valence-electron chi connectivity index (χ0n) is 9.29. The molecule has 84 valence electrons. The van der Waals surface area contributed by atoms with Crippen LogP contribution < -0.4 is 5.32 Å². The second-order valence-corrected chi connectivity index (χ2v) is 4.40. The SMILES string of the molecule is CCCCNc1nc(C(=O)OC)c(C)s1. The topological polar surface area (TPSA) is 51.2 Å². The predicted molar refractivity (Wildman–Crippen MR) is 61.6 cm³/mol. The van der Waals surface area contributed by atoms with Crippen molar-refractivity contribution < 1.29 is 9.53 Å². The van der Waals surface area contributed by atoms with Gasteiger partial charge in [-0.15, -0.1) is 11.3 Å². The quantitative estimate of drug-likeness (QED) is 0.621. The first-order chi connectivity index (χ1) is 7.19. The maximum absolute atomic E-state index is 11.3. The molecule has 1 aromatic rings. The first kappa shape index (κ1) is 12.0. The molecule has 5 heteroatoms. The van der Waals surface area contributed by atoms with Crippen LogP contribution in [0.4, 0.5) is 5.13 Å². The fourth-order valence-electron chi connectivity index (χ4n) is 1.13. The van der Waals surface area contributed by atoms with Gasteiger partial charge in [0.25, 0.3) is 0 Å². The fourth-order valence-corrected chi connectivity index (χ4v) is 1.96. The number of carbonyl (C=O) groups is 1. The fraction of sp³-hybridized carbons (Fsp3) is 0.600. The van der Waals surface area contributed by atoms with Crippen molar-refractivity contribution in [2.75, 3.05) is 19.0 Å². The van der Waals surface area contributed by atoms with E-state index in [0.717, 1.165) is 29.4 Å². The minimum Gasteiger partial charge on any atom is -0.464 e. The number of aryl methyl sites for hydroxylation is 1. The largest absolute Gasteiger partial charge is 0.464 e. The number of hydrogen-bond acceptors (Lipinski definition) is 5. The summed E-state index contributed by atoms with van der Waals surface area (Å²) >= 11 is 1.49. The van der Waals surface area contributed by atoms with E-state index in [4.69, 9.17) is 0 Å². The summed E-state index contributed by atoms with van der Waals surface area (Å²) < 4.78 is 4.63. The number of carbonyl (C=O) groups excluding carboxylic acids is 1. The second kappa shape index (κ2) is 5.70. The summed E-state index contributed by atoms with van der Waals surface area (Å²) in [4.78, 5) is 16.3. The van der Waals surface area contributed by atoms with Crippen LogP contribution in [0, 0.1) is 6.92 Å². The Hall–Kier alpha value is -1.10. The number of thiazole rings is 1. The van der Waals surface area contributed by atoms with E-state index in [9.17, 15) is 4.79 Å². The molecule has 1 aromatic heterocycles. The number of ether oxygens (including phenoxy) is 1. The lowest BCUT2D eigenvalue weighted by atomic mass is 10.3. The van der Waals surface area contributed by atoms with E-state index in [2.05, 4.69) is 22.0 Å². The summed E-state index contributed by atoms with van der Waals surface area (Å²) in [6.07, 6.45) is 2.24. The van der Waals surface area contributed by atoms with Gasteiger partial charge >= 0.3 is 5.97 Å². The van der Waals surface area contributed by atoms with Gasteiger partial charge in [-0.25, -0.2) is 9.78 Å². The number of anilines is 1. The normalized spacial score (nSPS) is 10.1. The van der Waals surface area contributed by atoms with Gasteiger partial charge in [-0.1, -0.05) is 13.3 Å².